The van der Waals surface area contributed by atoms with Crippen molar-refractivity contribution in [3.05, 3.63) is 76.2 Å². The van der Waals surface area contributed by atoms with E-state index in [0.29, 0.717) is 10.6 Å². The topological polar surface area (TPSA) is 48.7 Å². The number of aromatic nitrogens is 1. The maximum Gasteiger partial charge on any atom is 0.136 e. The van der Waals surface area contributed by atoms with E-state index in [4.69, 9.17) is 0 Å². The first-order chi connectivity index (χ1) is 11.7. The molecule has 24 heavy (non-hydrogen) atoms. The molecule has 0 atom stereocenters. The summed E-state index contributed by atoms with van der Waals surface area (Å²) in [5, 5.41) is 15.3. The Labute approximate surface area is 145 Å². The fourth-order valence-electron chi connectivity index (χ4n) is 2.27. The van der Waals surface area contributed by atoms with Crippen LogP contribution in [0.2, 0.25) is 0 Å². The number of hydrogen-bond acceptors (Lipinski definition) is 4. The molecule has 118 valence electrons. The average Bonchev–Trinajstić information content (AvgIpc) is 3.09. The van der Waals surface area contributed by atoms with Gasteiger partial charge in [-0.15, -0.1) is 11.3 Å². The monoisotopic (exact) mass is 331 g/mol. The number of nitriles is 1. The zero-order valence-corrected chi connectivity index (χ0v) is 14.4. The van der Waals surface area contributed by atoms with Gasteiger partial charge in [-0.2, -0.15) is 5.26 Å². The number of aryl methyl sites for hydroxylation is 2. The van der Waals surface area contributed by atoms with Crippen LogP contribution in [0.4, 0.5) is 5.69 Å². The molecule has 1 aromatic heterocycles. The van der Waals surface area contributed by atoms with Crippen LogP contribution >= 0.6 is 11.3 Å². The summed E-state index contributed by atoms with van der Waals surface area (Å²) in [7, 11) is 0. The maximum absolute atomic E-state index is 9.44. The van der Waals surface area contributed by atoms with Crippen LogP contribution < -0.4 is 5.32 Å². The van der Waals surface area contributed by atoms with Gasteiger partial charge in [-0.05, 0) is 37.1 Å². The first kappa shape index (κ1) is 16.0. The Morgan fingerprint density at radius 1 is 1.12 bits per heavy atom. The van der Waals surface area contributed by atoms with Crippen molar-refractivity contribution in [3.8, 4) is 17.3 Å². The standard InChI is InChI=1S/C20H17N3S/c1-14-8-9-18(10-15(14)2)22-12-17(11-21)20-23-19(13-24-20)16-6-4-3-5-7-16/h3-10,12-13,22H,1-2H3/b17-12-. The predicted molar refractivity (Wildman–Crippen MR) is 101 cm³/mol. The lowest BCUT2D eigenvalue weighted by Crippen LogP contribution is -1.92. The fourth-order valence-corrected chi connectivity index (χ4v) is 3.06. The van der Waals surface area contributed by atoms with Gasteiger partial charge in [0.05, 0.1) is 5.69 Å². The van der Waals surface area contributed by atoms with Gasteiger partial charge in [0.1, 0.15) is 16.6 Å². The van der Waals surface area contributed by atoms with Crippen LogP contribution in [0.5, 0.6) is 0 Å². The quantitative estimate of drug-likeness (QED) is 0.651. The van der Waals surface area contributed by atoms with Gasteiger partial charge in [0.2, 0.25) is 0 Å². The van der Waals surface area contributed by atoms with E-state index in [1.165, 1.54) is 22.5 Å². The second-order valence-electron chi connectivity index (χ2n) is 5.52. The van der Waals surface area contributed by atoms with Gasteiger partial charge in [0, 0.05) is 22.8 Å². The van der Waals surface area contributed by atoms with E-state index in [1.54, 1.807) is 6.20 Å². The molecule has 0 aliphatic rings. The van der Waals surface area contributed by atoms with E-state index in [2.05, 4.69) is 42.4 Å². The maximum atomic E-state index is 9.44. The Balaban J connectivity index is 1.82. The van der Waals surface area contributed by atoms with Crippen LogP contribution in [0.1, 0.15) is 16.1 Å². The summed E-state index contributed by atoms with van der Waals surface area (Å²) in [6.07, 6.45) is 1.72. The Morgan fingerprint density at radius 3 is 2.62 bits per heavy atom. The van der Waals surface area contributed by atoms with Crippen molar-refractivity contribution in [1.29, 1.82) is 5.26 Å². The van der Waals surface area contributed by atoms with Gasteiger partial charge in [-0.3, -0.25) is 0 Å². The molecule has 3 nitrogen and oxygen atoms in total. The number of allylic oxidation sites excluding steroid dienone is 1. The Bertz CT molecular complexity index is 918. The van der Waals surface area contributed by atoms with Crippen molar-refractivity contribution in [1.82, 2.24) is 4.98 Å². The molecule has 2 aromatic carbocycles. The van der Waals surface area contributed by atoms with Crippen LogP contribution in [0.25, 0.3) is 16.8 Å². The van der Waals surface area contributed by atoms with Crippen molar-refractivity contribution < 1.29 is 0 Å². The molecule has 0 amide bonds. The third-order valence-corrected chi connectivity index (χ3v) is 4.69. The van der Waals surface area contributed by atoms with Crippen molar-refractivity contribution in [2.24, 2.45) is 0 Å². The number of anilines is 1. The van der Waals surface area contributed by atoms with Gasteiger partial charge < -0.3 is 5.32 Å². The Hall–Kier alpha value is -2.90. The summed E-state index contributed by atoms with van der Waals surface area (Å²) >= 11 is 1.48. The van der Waals surface area contributed by atoms with Crippen molar-refractivity contribution in [2.75, 3.05) is 5.32 Å². The summed E-state index contributed by atoms with van der Waals surface area (Å²) in [5.74, 6) is 0. The molecule has 0 radical (unpaired) electrons. The second-order valence-corrected chi connectivity index (χ2v) is 6.38. The molecule has 0 unspecified atom stereocenters. The minimum atomic E-state index is 0.528. The molecule has 1 heterocycles. The second kappa shape index (κ2) is 7.12. The molecule has 0 aliphatic heterocycles. The zero-order valence-electron chi connectivity index (χ0n) is 13.6. The number of rotatable bonds is 4. The van der Waals surface area contributed by atoms with Gasteiger partial charge >= 0.3 is 0 Å². The minimum absolute atomic E-state index is 0.528. The molecule has 3 rings (SSSR count). The van der Waals surface area contributed by atoms with Gasteiger partial charge in [-0.25, -0.2) is 4.98 Å². The smallest absolute Gasteiger partial charge is 0.136 e. The van der Waals surface area contributed by atoms with Crippen molar-refractivity contribution >= 4 is 22.6 Å². The van der Waals surface area contributed by atoms with E-state index in [1.807, 2.05) is 41.8 Å². The first-order valence-corrected chi connectivity index (χ1v) is 8.51. The molecule has 0 aliphatic carbocycles. The van der Waals surface area contributed by atoms with Gasteiger partial charge in [0.25, 0.3) is 0 Å². The lowest BCUT2D eigenvalue weighted by molar-refractivity contribution is 1.33. The molecule has 1 N–H and O–H groups in total. The van der Waals surface area contributed by atoms with Crippen molar-refractivity contribution in [2.45, 2.75) is 13.8 Å². The number of nitrogens with one attached hydrogen (secondary N) is 1. The highest BCUT2D eigenvalue weighted by Gasteiger charge is 2.08. The number of nitrogens with zero attached hydrogens (tertiary/aromatic N) is 2. The molecule has 0 saturated heterocycles. The molecule has 0 saturated carbocycles. The molecule has 0 spiro atoms. The molecule has 3 aromatic rings. The third kappa shape index (κ3) is 3.53. The largest absolute Gasteiger partial charge is 0.360 e. The van der Waals surface area contributed by atoms with Crippen LogP contribution in [0.15, 0.2) is 60.1 Å². The van der Waals surface area contributed by atoms with Crippen molar-refractivity contribution in [3.63, 3.8) is 0 Å². The van der Waals surface area contributed by atoms with Gasteiger partial charge in [-0.1, -0.05) is 36.4 Å². The van der Waals surface area contributed by atoms with E-state index in [0.717, 1.165) is 16.9 Å². The lowest BCUT2D eigenvalue weighted by Gasteiger charge is -2.05. The number of benzene rings is 2. The van der Waals surface area contributed by atoms with Crippen LogP contribution in [-0.2, 0) is 0 Å². The SMILES string of the molecule is Cc1ccc(N/C=C(/C#N)c2nc(-c3ccccc3)cs2)cc1C. The molecular formula is C20H17N3S. The predicted octanol–water partition coefficient (Wildman–Crippen LogP) is 5.40. The van der Waals surface area contributed by atoms with E-state index in [-0.39, 0.29) is 0 Å². The summed E-state index contributed by atoms with van der Waals surface area (Å²) in [5.41, 5.74) is 5.90. The fraction of sp³-hybridized carbons (Fsp3) is 0.100. The Kier molecular flexibility index (Phi) is 4.74. The summed E-state index contributed by atoms with van der Waals surface area (Å²) < 4.78 is 0. The van der Waals surface area contributed by atoms with Crippen LogP contribution in [-0.4, -0.2) is 4.98 Å². The van der Waals surface area contributed by atoms with E-state index >= 15 is 0 Å². The lowest BCUT2D eigenvalue weighted by atomic mass is 10.1. The number of thiazole rings is 1. The normalized spacial score (nSPS) is 11.1. The molecule has 4 heteroatoms. The average molecular weight is 331 g/mol. The minimum Gasteiger partial charge on any atom is -0.360 e. The highest BCUT2D eigenvalue weighted by Crippen LogP contribution is 2.26. The number of hydrogen-bond donors (Lipinski definition) is 1. The van der Waals surface area contributed by atoms with E-state index < -0.39 is 0 Å². The summed E-state index contributed by atoms with van der Waals surface area (Å²) in [6, 6.07) is 18.3. The highest BCUT2D eigenvalue weighted by atomic mass is 32.1. The summed E-state index contributed by atoms with van der Waals surface area (Å²) in [6.45, 7) is 4.15. The highest BCUT2D eigenvalue weighted by molar-refractivity contribution is 7.11. The summed E-state index contributed by atoms with van der Waals surface area (Å²) in [4.78, 5) is 4.58. The third-order valence-electron chi connectivity index (χ3n) is 3.81. The van der Waals surface area contributed by atoms with Gasteiger partial charge in [0.15, 0.2) is 0 Å². The van der Waals surface area contributed by atoms with Crippen LogP contribution in [0, 0.1) is 25.2 Å². The molecule has 0 fully saturated rings. The van der Waals surface area contributed by atoms with Crippen LogP contribution in [0.3, 0.4) is 0 Å². The molecule has 0 bridgehead atoms. The first-order valence-electron chi connectivity index (χ1n) is 7.63. The molecular weight excluding hydrogens is 314 g/mol. The Morgan fingerprint density at radius 2 is 1.92 bits per heavy atom. The van der Waals surface area contributed by atoms with E-state index in [9.17, 15) is 5.26 Å². The zero-order chi connectivity index (χ0) is 16.9.